The van der Waals surface area contributed by atoms with Crippen LogP contribution in [-0.2, 0) is 11.3 Å². The smallest absolute Gasteiger partial charge is 0.238 e. The average molecular weight is 224 g/mol. The zero-order valence-electron chi connectivity index (χ0n) is 10.2. The Morgan fingerprint density at radius 3 is 2.88 bits per heavy atom. The summed E-state index contributed by atoms with van der Waals surface area (Å²) in [7, 11) is 3.54. The summed E-state index contributed by atoms with van der Waals surface area (Å²) in [5, 5.41) is 3.20. The van der Waals surface area contributed by atoms with E-state index in [9.17, 15) is 4.79 Å². The van der Waals surface area contributed by atoms with E-state index in [1.807, 2.05) is 17.7 Å². The van der Waals surface area contributed by atoms with Crippen LogP contribution in [0.25, 0.3) is 0 Å². The van der Waals surface area contributed by atoms with Gasteiger partial charge in [0, 0.05) is 33.0 Å². The lowest BCUT2D eigenvalue weighted by Crippen LogP contribution is -2.41. The molecule has 1 atom stereocenters. The van der Waals surface area contributed by atoms with Gasteiger partial charge in [0.25, 0.3) is 0 Å². The number of amides is 1. The van der Waals surface area contributed by atoms with E-state index in [1.54, 1.807) is 31.5 Å². The van der Waals surface area contributed by atoms with Crippen molar-refractivity contribution >= 4 is 5.91 Å². The molecule has 1 aromatic rings. The molecule has 1 amide bonds. The second-order valence-electron chi connectivity index (χ2n) is 4.06. The molecule has 16 heavy (non-hydrogen) atoms. The van der Waals surface area contributed by atoms with Gasteiger partial charge in [0.2, 0.25) is 5.91 Å². The molecule has 5 nitrogen and oxygen atoms in total. The standard InChI is InChI=1S/C11H20N4O/c1-10(11(16)14(2)3)13-5-4-7-15-8-6-12-9-15/h6,8-10,13H,4-5,7H2,1-3H3. The Morgan fingerprint density at radius 1 is 1.56 bits per heavy atom. The maximum atomic E-state index is 11.5. The second-order valence-corrected chi connectivity index (χ2v) is 4.06. The number of carbonyl (C=O) groups excluding carboxylic acids is 1. The number of hydrogen-bond donors (Lipinski definition) is 1. The first-order chi connectivity index (χ1) is 7.61. The summed E-state index contributed by atoms with van der Waals surface area (Å²) < 4.78 is 2.03. The van der Waals surface area contributed by atoms with E-state index in [2.05, 4.69) is 10.3 Å². The van der Waals surface area contributed by atoms with Crippen LogP contribution in [0.15, 0.2) is 18.7 Å². The van der Waals surface area contributed by atoms with E-state index in [1.165, 1.54) is 0 Å². The van der Waals surface area contributed by atoms with Crippen LogP contribution in [-0.4, -0.2) is 47.0 Å². The minimum absolute atomic E-state index is 0.113. The van der Waals surface area contributed by atoms with Gasteiger partial charge < -0.3 is 14.8 Å². The summed E-state index contributed by atoms with van der Waals surface area (Å²) in [6.45, 7) is 3.65. The van der Waals surface area contributed by atoms with Gasteiger partial charge in [-0.3, -0.25) is 4.79 Å². The molecule has 1 unspecified atom stereocenters. The first kappa shape index (κ1) is 12.7. The number of likely N-dealkylation sites (N-methyl/N-ethyl adjacent to an activating group) is 1. The first-order valence-electron chi connectivity index (χ1n) is 5.51. The highest BCUT2D eigenvalue weighted by molar-refractivity contribution is 5.80. The fourth-order valence-corrected chi connectivity index (χ4v) is 1.47. The fraction of sp³-hybridized carbons (Fsp3) is 0.636. The molecule has 1 heterocycles. The van der Waals surface area contributed by atoms with Crippen LogP contribution in [0, 0.1) is 0 Å². The molecule has 0 spiro atoms. The molecule has 0 aliphatic heterocycles. The van der Waals surface area contributed by atoms with Crippen molar-refractivity contribution in [1.29, 1.82) is 0 Å². The lowest BCUT2D eigenvalue weighted by Gasteiger charge is -2.17. The lowest BCUT2D eigenvalue weighted by molar-refractivity contribution is -0.130. The first-order valence-corrected chi connectivity index (χ1v) is 5.51. The Kier molecular flexibility index (Phi) is 4.98. The molecule has 0 saturated carbocycles. The normalized spacial score (nSPS) is 12.4. The van der Waals surface area contributed by atoms with Crippen molar-refractivity contribution in [2.75, 3.05) is 20.6 Å². The van der Waals surface area contributed by atoms with E-state index in [4.69, 9.17) is 0 Å². The molecule has 0 aliphatic rings. The maximum Gasteiger partial charge on any atom is 0.238 e. The van der Waals surface area contributed by atoms with Crippen LogP contribution in [0.3, 0.4) is 0 Å². The number of imidazole rings is 1. The van der Waals surface area contributed by atoms with E-state index in [-0.39, 0.29) is 11.9 Å². The molecular formula is C11H20N4O. The van der Waals surface area contributed by atoms with Crippen molar-refractivity contribution in [2.45, 2.75) is 25.9 Å². The minimum Gasteiger partial charge on any atom is -0.347 e. The molecular weight excluding hydrogens is 204 g/mol. The van der Waals surface area contributed by atoms with Crippen LogP contribution in [0.5, 0.6) is 0 Å². The average Bonchev–Trinajstić information content (AvgIpc) is 2.75. The Balaban J connectivity index is 2.13. The number of nitrogens with zero attached hydrogens (tertiary/aromatic N) is 3. The van der Waals surface area contributed by atoms with Crippen molar-refractivity contribution in [3.8, 4) is 0 Å². The van der Waals surface area contributed by atoms with Gasteiger partial charge in [0.15, 0.2) is 0 Å². The highest BCUT2D eigenvalue weighted by Gasteiger charge is 2.12. The lowest BCUT2D eigenvalue weighted by atomic mass is 10.3. The second kappa shape index (κ2) is 6.27. The molecule has 0 aliphatic carbocycles. The number of hydrogen-bond acceptors (Lipinski definition) is 3. The third-order valence-electron chi connectivity index (χ3n) is 2.41. The highest BCUT2D eigenvalue weighted by atomic mass is 16.2. The Bertz CT molecular complexity index is 308. The Labute approximate surface area is 96.5 Å². The van der Waals surface area contributed by atoms with Gasteiger partial charge in [-0.2, -0.15) is 0 Å². The monoisotopic (exact) mass is 224 g/mol. The summed E-state index contributed by atoms with van der Waals surface area (Å²) >= 11 is 0. The van der Waals surface area contributed by atoms with Crippen molar-refractivity contribution in [3.63, 3.8) is 0 Å². The van der Waals surface area contributed by atoms with E-state index in [0.717, 1.165) is 19.5 Å². The third-order valence-corrected chi connectivity index (χ3v) is 2.41. The Hall–Kier alpha value is -1.36. The molecule has 1 N–H and O–H groups in total. The van der Waals surface area contributed by atoms with Gasteiger partial charge in [-0.25, -0.2) is 4.98 Å². The van der Waals surface area contributed by atoms with E-state index < -0.39 is 0 Å². The summed E-state index contributed by atoms with van der Waals surface area (Å²) in [5.41, 5.74) is 0. The molecule has 1 rings (SSSR count). The molecule has 0 aromatic carbocycles. The summed E-state index contributed by atoms with van der Waals surface area (Å²) in [6.07, 6.45) is 6.50. The number of rotatable bonds is 6. The molecule has 0 bridgehead atoms. The number of carbonyl (C=O) groups is 1. The quantitative estimate of drug-likeness (QED) is 0.709. The maximum absolute atomic E-state index is 11.5. The summed E-state index contributed by atoms with van der Waals surface area (Å²) in [5.74, 6) is 0.114. The highest BCUT2D eigenvalue weighted by Crippen LogP contribution is 1.92. The van der Waals surface area contributed by atoms with Crippen LogP contribution in [0.2, 0.25) is 0 Å². The van der Waals surface area contributed by atoms with E-state index >= 15 is 0 Å². The zero-order chi connectivity index (χ0) is 12.0. The van der Waals surface area contributed by atoms with Crippen LogP contribution in [0.1, 0.15) is 13.3 Å². The van der Waals surface area contributed by atoms with Gasteiger partial charge in [-0.1, -0.05) is 0 Å². The van der Waals surface area contributed by atoms with E-state index in [0.29, 0.717) is 0 Å². The van der Waals surface area contributed by atoms with Crippen molar-refractivity contribution < 1.29 is 4.79 Å². The van der Waals surface area contributed by atoms with Crippen molar-refractivity contribution in [1.82, 2.24) is 19.8 Å². The third kappa shape index (κ3) is 4.02. The molecule has 5 heteroatoms. The SMILES string of the molecule is CC(NCCCn1ccnc1)C(=O)N(C)C. The molecule has 0 radical (unpaired) electrons. The van der Waals surface area contributed by atoms with Gasteiger partial charge >= 0.3 is 0 Å². The van der Waals surface area contributed by atoms with Crippen LogP contribution >= 0.6 is 0 Å². The molecule has 90 valence electrons. The topological polar surface area (TPSA) is 50.2 Å². The van der Waals surface area contributed by atoms with Gasteiger partial charge in [-0.15, -0.1) is 0 Å². The van der Waals surface area contributed by atoms with Gasteiger partial charge in [0.1, 0.15) is 0 Å². The summed E-state index contributed by atoms with van der Waals surface area (Å²) in [6, 6.07) is -0.113. The van der Waals surface area contributed by atoms with Gasteiger partial charge in [-0.05, 0) is 19.9 Å². The predicted molar refractivity (Wildman–Crippen MR) is 63.0 cm³/mol. The van der Waals surface area contributed by atoms with Crippen LogP contribution in [0.4, 0.5) is 0 Å². The van der Waals surface area contributed by atoms with Crippen LogP contribution < -0.4 is 5.32 Å². The summed E-state index contributed by atoms with van der Waals surface area (Å²) in [4.78, 5) is 17.1. The fourth-order valence-electron chi connectivity index (χ4n) is 1.47. The zero-order valence-corrected chi connectivity index (χ0v) is 10.2. The molecule has 1 aromatic heterocycles. The van der Waals surface area contributed by atoms with Crippen molar-refractivity contribution in [3.05, 3.63) is 18.7 Å². The molecule has 0 saturated heterocycles. The number of nitrogens with one attached hydrogen (secondary N) is 1. The number of aryl methyl sites for hydroxylation is 1. The predicted octanol–water partition coefficient (Wildman–Crippen LogP) is 0.339. The largest absolute Gasteiger partial charge is 0.347 e. The number of aromatic nitrogens is 2. The Morgan fingerprint density at radius 2 is 2.31 bits per heavy atom. The van der Waals surface area contributed by atoms with Gasteiger partial charge in [0.05, 0.1) is 12.4 Å². The minimum atomic E-state index is -0.113. The molecule has 0 fully saturated rings. The van der Waals surface area contributed by atoms with Crippen molar-refractivity contribution in [2.24, 2.45) is 0 Å².